The molecule has 0 saturated heterocycles. The number of unbranched alkanes of at least 4 members (excludes halogenated alkanes) is 1. The molecule has 0 aromatic carbocycles. The van der Waals surface area contributed by atoms with Crippen LogP contribution in [0, 0.1) is 0 Å². The van der Waals surface area contributed by atoms with Crippen LogP contribution in [0.25, 0.3) is 0 Å². The van der Waals surface area contributed by atoms with E-state index in [4.69, 9.17) is 5.11 Å². The fourth-order valence-corrected chi connectivity index (χ4v) is 1.12. The first kappa shape index (κ1) is 12.2. The predicted octanol–water partition coefficient (Wildman–Crippen LogP) is -1.43. The second-order valence-corrected chi connectivity index (χ2v) is 3.19. The maximum Gasteiger partial charge on any atom is 0.326 e. The third kappa shape index (κ3) is 3.70. The van der Waals surface area contributed by atoms with Gasteiger partial charge in [-0.1, -0.05) is 0 Å². The average molecular weight is 227 g/mol. The molecule has 88 valence electrons. The average Bonchev–Trinajstić information content (AvgIpc) is 2.22. The Morgan fingerprint density at radius 1 is 1.31 bits per heavy atom. The Morgan fingerprint density at radius 2 is 2.06 bits per heavy atom. The molecule has 0 bridgehead atoms. The summed E-state index contributed by atoms with van der Waals surface area (Å²) in [6, 6.07) is 1.02. The lowest BCUT2D eigenvalue weighted by Gasteiger charge is -2.03. The van der Waals surface area contributed by atoms with E-state index in [9.17, 15) is 14.4 Å². The van der Waals surface area contributed by atoms with Crippen LogP contribution in [0.5, 0.6) is 0 Å². The molecule has 7 nitrogen and oxygen atoms in total. The molecule has 1 rings (SSSR count). The number of amides is 1. The number of hydrogen-bond acceptors (Lipinski definition) is 4. The Labute approximate surface area is 90.5 Å². The SMILES string of the molecule is O=C(NCCCCO)c1cc(=O)[nH]c(=O)[nH]1. The summed E-state index contributed by atoms with van der Waals surface area (Å²) in [5.41, 5.74) is -1.41. The molecule has 0 radical (unpaired) electrons. The van der Waals surface area contributed by atoms with Gasteiger partial charge in [-0.05, 0) is 12.8 Å². The molecule has 0 atom stereocenters. The standard InChI is InChI=1S/C9H13N3O4/c13-4-2-1-3-10-8(15)6-5-7(14)12-9(16)11-6/h5,13H,1-4H2,(H,10,15)(H2,11,12,14,16). The number of aromatic amines is 2. The van der Waals surface area contributed by atoms with E-state index >= 15 is 0 Å². The number of aliphatic hydroxyl groups is 1. The third-order valence-corrected chi connectivity index (χ3v) is 1.88. The Kier molecular flexibility index (Phi) is 4.46. The number of carbonyl (C=O) groups excluding carboxylic acids is 1. The van der Waals surface area contributed by atoms with Crippen molar-refractivity contribution in [1.29, 1.82) is 0 Å². The molecule has 1 aromatic rings. The molecule has 1 amide bonds. The number of hydrogen-bond donors (Lipinski definition) is 4. The van der Waals surface area contributed by atoms with Crippen LogP contribution in [0.3, 0.4) is 0 Å². The molecule has 0 saturated carbocycles. The maximum atomic E-state index is 11.4. The Balaban J connectivity index is 2.59. The van der Waals surface area contributed by atoms with Gasteiger partial charge in [-0.25, -0.2) is 4.79 Å². The van der Waals surface area contributed by atoms with Crippen molar-refractivity contribution in [1.82, 2.24) is 15.3 Å². The fraction of sp³-hybridized carbons (Fsp3) is 0.444. The quantitative estimate of drug-likeness (QED) is 0.461. The predicted molar refractivity (Wildman–Crippen MR) is 56.3 cm³/mol. The van der Waals surface area contributed by atoms with E-state index in [1.165, 1.54) is 0 Å². The monoisotopic (exact) mass is 227 g/mol. The van der Waals surface area contributed by atoms with Crippen LogP contribution in [-0.2, 0) is 0 Å². The number of H-pyrrole nitrogens is 2. The lowest BCUT2D eigenvalue weighted by atomic mass is 10.3. The van der Waals surface area contributed by atoms with Gasteiger partial charge in [0.15, 0.2) is 0 Å². The van der Waals surface area contributed by atoms with E-state index in [1.54, 1.807) is 0 Å². The molecule has 7 heteroatoms. The van der Waals surface area contributed by atoms with Crippen LogP contribution in [0.15, 0.2) is 15.7 Å². The van der Waals surface area contributed by atoms with Gasteiger partial charge in [-0.2, -0.15) is 0 Å². The van der Waals surface area contributed by atoms with Gasteiger partial charge in [0.25, 0.3) is 11.5 Å². The number of rotatable bonds is 5. The highest BCUT2D eigenvalue weighted by atomic mass is 16.3. The van der Waals surface area contributed by atoms with Crippen molar-refractivity contribution >= 4 is 5.91 Å². The van der Waals surface area contributed by atoms with Crippen LogP contribution in [0.2, 0.25) is 0 Å². The zero-order valence-corrected chi connectivity index (χ0v) is 8.58. The van der Waals surface area contributed by atoms with E-state index in [-0.39, 0.29) is 12.3 Å². The van der Waals surface area contributed by atoms with Crippen molar-refractivity contribution in [2.24, 2.45) is 0 Å². The molecule has 1 aromatic heterocycles. The summed E-state index contributed by atoms with van der Waals surface area (Å²) in [5, 5.41) is 11.0. The van der Waals surface area contributed by atoms with E-state index in [0.717, 1.165) is 6.07 Å². The number of aliphatic hydroxyl groups excluding tert-OH is 1. The molecule has 0 fully saturated rings. The molecule has 4 N–H and O–H groups in total. The molecule has 0 aliphatic heterocycles. The topological polar surface area (TPSA) is 115 Å². The molecule has 16 heavy (non-hydrogen) atoms. The van der Waals surface area contributed by atoms with Gasteiger partial charge in [0, 0.05) is 19.2 Å². The van der Waals surface area contributed by atoms with Crippen molar-refractivity contribution in [3.63, 3.8) is 0 Å². The molecule has 0 unspecified atom stereocenters. The zero-order valence-electron chi connectivity index (χ0n) is 8.58. The Hall–Kier alpha value is -1.89. The second-order valence-electron chi connectivity index (χ2n) is 3.19. The van der Waals surface area contributed by atoms with Gasteiger partial charge in [-0.3, -0.25) is 14.6 Å². The lowest BCUT2D eigenvalue weighted by Crippen LogP contribution is -2.31. The largest absolute Gasteiger partial charge is 0.396 e. The smallest absolute Gasteiger partial charge is 0.326 e. The first-order valence-corrected chi connectivity index (χ1v) is 4.86. The van der Waals surface area contributed by atoms with E-state index in [2.05, 4.69) is 10.3 Å². The normalized spacial score (nSPS) is 10.1. The van der Waals surface area contributed by atoms with Gasteiger partial charge in [-0.15, -0.1) is 0 Å². The first-order chi connectivity index (χ1) is 7.63. The van der Waals surface area contributed by atoms with E-state index in [0.29, 0.717) is 19.4 Å². The molecule has 0 spiro atoms. The van der Waals surface area contributed by atoms with Crippen molar-refractivity contribution in [2.45, 2.75) is 12.8 Å². The zero-order chi connectivity index (χ0) is 12.0. The number of nitrogens with one attached hydrogen (secondary N) is 3. The highest BCUT2D eigenvalue weighted by Crippen LogP contribution is 1.88. The van der Waals surface area contributed by atoms with Crippen LogP contribution in [-0.4, -0.2) is 34.1 Å². The summed E-state index contributed by atoms with van der Waals surface area (Å²) >= 11 is 0. The summed E-state index contributed by atoms with van der Waals surface area (Å²) in [6.07, 6.45) is 1.22. The van der Waals surface area contributed by atoms with Crippen molar-refractivity contribution in [3.8, 4) is 0 Å². The van der Waals surface area contributed by atoms with Gasteiger partial charge < -0.3 is 15.4 Å². The molecule has 0 aliphatic carbocycles. The van der Waals surface area contributed by atoms with Gasteiger partial charge >= 0.3 is 5.69 Å². The molecular formula is C9H13N3O4. The minimum atomic E-state index is -0.715. The molecule has 1 heterocycles. The highest BCUT2D eigenvalue weighted by Gasteiger charge is 2.06. The first-order valence-electron chi connectivity index (χ1n) is 4.86. The van der Waals surface area contributed by atoms with E-state index < -0.39 is 17.2 Å². The van der Waals surface area contributed by atoms with Gasteiger partial charge in [0.2, 0.25) is 0 Å². The molecule has 0 aliphatic rings. The summed E-state index contributed by atoms with van der Waals surface area (Å²) in [4.78, 5) is 37.4. The minimum Gasteiger partial charge on any atom is -0.396 e. The van der Waals surface area contributed by atoms with Gasteiger partial charge in [0.1, 0.15) is 5.69 Å². The highest BCUT2D eigenvalue weighted by molar-refractivity contribution is 5.91. The fourth-order valence-electron chi connectivity index (χ4n) is 1.12. The van der Waals surface area contributed by atoms with Crippen LogP contribution in [0.4, 0.5) is 0 Å². The Morgan fingerprint density at radius 3 is 2.69 bits per heavy atom. The van der Waals surface area contributed by atoms with Crippen molar-refractivity contribution < 1.29 is 9.90 Å². The van der Waals surface area contributed by atoms with Gasteiger partial charge in [0.05, 0.1) is 0 Å². The van der Waals surface area contributed by atoms with E-state index in [1.807, 2.05) is 4.98 Å². The van der Waals surface area contributed by atoms with Crippen LogP contribution in [0.1, 0.15) is 23.3 Å². The number of carbonyl (C=O) groups is 1. The van der Waals surface area contributed by atoms with Crippen LogP contribution < -0.4 is 16.6 Å². The summed E-state index contributed by atoms with van der Waals surface area (Å²) in [5.74, 6) is -0.513. The maximum absolute atomic E-state index is 11.4. The number of aromatic nitrogens is 2. The minimum absolute atomic E-state index is 0.0672. The summed E-state index contributed by atoms with van der Waals surface area (Å²) < 4.78 is 0. The second kappa shape index (κ2) is 5.86. The third-order valence-electron chi connectivity index (χ3n) is 1.88. The van der Waals surface area contributed by atoms with Crippen LogP contribution >= 0.6 is 0 Å². The Bertz CT molecular complexity index is 434. The summed E-state index contributed by atoms with van der Waals surface area (Å²) in [6.45, 7) is 0.450. The van der Waals surface area contributed by atoms with Crippen molar-refractivity contribution in [2.75, 3.05) is 13.2 Å². The lowest BCUT2D eigenvalue weighted by molar-refractivity contribution is 0.0946. The summed E-state index contributed by atoms with van der Waals surface area (Å²) in [7, 11) is 0. The van der Waals surface area contributed by atoms with Crippen molar-refractivity contribution in [3.05, 3.63) is 32.6 Å². The molecular weight excluding hydrogens is 214 g/mol.